The van der Waals surface area contributed by atoms with E-state index in [9.17, 15) is 8.42 Å². The van der Waals surface area contributed by atoms with Gasteiger partial charge in [-0.3, -0.25) is 0 Å². The molecule has 1 unspecified atom stereocenters. The highest BCUT2D eigenvalue weighted by atomic mass is 79.9. The van der Waals surface area contributed by atoms with Gasteiger partial charge in [0, 0.05) is 18.3 Å². The summed E-state index contributed by atoms with van der Waals surface area (Å²) >= 11 is 3.51. The van der Waals surface area contributed by atoms with Gasteiger partial charge in [-0.25, -0.2) is 8.42 Å². The predicted molar refractivity (Wildman–Crippen MR) is 109 cm³/mol. The molecule has 2 aromatic rings. The number of hydrogen-bond acceptors (Lipinski definition) is 4. The average Bonchev–Trinajstić information content (AvgIpc) is 2.74. The molecule has 1 aliphatic heterocycles. The maximum absolute atomic E-state index is 13.1. The Morgan fingerprint density at radius 1 is 1.23 bits per heavy atom. The molecule has 140 valence electrons. The molecule has 0 N–H and O–H groups in total. The number of ether oxygens (including phenoxy) is 1. The number of para-hydroxylation sites is 1. The lowest BCUT2D eigenvalue weighted by Gasteiger charge is -2.27. The van der Waals surface area contributed by atoms with Crippen LogP contribution in [0.4, 0.5) is 11.4 Å². The molecule has 0 fully saturated rings. The molecule has 2 aromatic carbocycles. The van der Waals surface area contributed by atoms with Crippen LogP contribution in [-0.4, -0.2) is 27.8 Å². The number of rotatable bonds is 5. The topological polar surface area (TPSA) is 46.6 Å². The molecule has 0 spiro atoms. The van der Waals surface area contributed by atoms with Crippen molar-refractivity contribution >= 4 is 37.1 Å². The van der Waals surface area contributed by atoms with E-state index in [2.05, 4.69) is 27.8 Å². The van der Waals surface area contributed by atoms with E-state index >= 15 is 0 Å². The number of hydrogen-bond donors (Lipinski definition) is 0. The summed E-state index contributed by atoms with van der Waals surface area (Å²) in [5, 5.41) is 0. The number of anilines is 2. The van der Waals surface area contributed by atoms with Gasteiger partial charge in [0.05, 0.1) is 27.9 Å². The van der Waals surface area contributed by atoms with E-state index in [1.807, 2.05) is 36.4 Å². The Bertz CT molecular complexity index is 868. The SMILES string of the molecule is CCCCC1CN(c2ccccc2)c2cc(Br)c(OC)cc2S(=O)(=O)C1. The van der Waals surface area contributed by atoms with Gasteiger partial charge in [-0.2, -0.15) is 0 Å². The van der Waals surface area contributed by atoms with Crippen LogP contribution >= 0.6 is 15.9 Å². The molecule has 3 rings (SSSR count). The highest BCUT2D eigenvalue weighted by Gasteiger charge is 2.33. The maximum Gasteiger partial charge on any atom is 0.180 e. The average molecular weight is 438 g/mol. The normalized spacial score (nSPS) is 18.9. The minimum absolute atomic E-state index is 0.0947. The minimum atomic E-state index is -3.39. The first-order valence-corrected chi connectivity index (χ1v) is 11.3. The molecule has 1 aliphatic rings. The molecule has 0 saturated carbocycles. The summed E-state index contributed by atoms with van der Waals surface area (Å²) in [5.74, 6) is 0.804. The predicted octanol–water partition coefficient (Wildman–Crippen LogP) is 5.19. The van der Waals surface area contributed by atoms with Crippen LogP contribution in [0.15, 0.2) is 51.8 Å². The molecule has 0 aromatic heterocycles. The van der Waals surface area contributed by atoms with Crippen LogP contribution in [0.3, 0.4) is 0 Å². The van der Waals surface area contributed by atoms with Gasteiger partial charge < -0.3 is 9.64 Å². The second-order valence-corrected chi connectivity index (χ2v) is 9.55. The number of sulfone groups is 1. The zero-order chi connectivity index (χ0) is 18.7. The van der Waals surface area contributed by atoms with Crippen LogP contribution in [0, 0.1) is 5.92 Å². The minimum Gasteiger partial charge on any atom is -0.496 e. The number of benzene rings is 2. The van der Waals surface area contributed by atoms with E-state index in [4.69, 9.17) is 4.74 Å². The fourth-order valence-corrected chi connectivity index (χ4v) is 5.81. The number of fused-ring (bicyclic) bond motifs is 1. The number of nitrogens with zero attached hydrogens (tertiary/aromatic N) is 1. The quantitative estimate of drug-likeness (QED) is 0.645. The van der Waals surface area contributed by atoms with Crippen molar-refractivity contribution in [3.05, 3.63) is 46.9 Å². The summed E-state index contributed by atoms with van der Waals surface area (Å²) in [6, 6.07) is 13.5. The van der Waals surface area contributed by atoms with Gasteiger partial charge >= 0.3 is 0 Å². The Balaban J connectivity index is 2.17. The third-order valence-corrected chi connectivity index (χ3v) is 7.32. The molecule has 1 atom stereocenters. The van der Waals surface area contributed by atoms with Crippen LogP contribution < -0.4 is 9.64 Å². The van der Waals surface area contributed by atoms with E-state index in [-0.39, 0.29) is 11.7 Å². The van der Waals surface area contributed by atoms with Crippen LogP contribution in [0.5, 0.6) is 5.75 Å². The van der Waals surface area contributed by atoms with Crippen molar-refractivity contribution in [2.45, 2.75) is 31.1 Å². The van der Waals surface area contributed by atoms with E-state index in [0.29, 0.717) is 22.9 Å². The van der Waals surface area contributed by atoms with E-state index < -0.39 is 9.84 Å². The fourth-order valence-electron chi connectivity index (χ4n) is 3.47. The summed E-state index contributed by atoms with van der Waals surface area (Å²) in [4.78, 5) is 2.48. The van der Waals surface area contributed by atoms with Gasteiger partial charge in [-0.15, -0.1) is 0 Å². The van der Waals surface area contributed by atoms with Gasteiger partial charge in [0.15, 0.2) is 9.84 Å². The zero-order valence-electron chi connectivity index (χ0n) is 15.1. The van der Waals surface area contributed by atoms with Crippen molar-refractivity contribution in [3.63, 3.8) is 0 Å². The summed E-state index contributed by atoms with van der Waals surface area (Å²) in [6.45, 7) is 2.83. The number of halogens is 1. The molecule has 1 heterocycles. The lowest BCUT2D eigenvalue weighted by atomic mass is 10.0. The highest BCUT2D eigenvalue weighted by Crippen LogP contribution is 2.42. The third kappa shape index (κ3) is 3.91. The van der Waals surface area contributed by atoms with Crippen molar-refractivity contribution < 1.29 is 13.2 Å². The van der Waals surface area contributed by atoms with Gasteiger partial charge in [0.25, 0.3) is 0 Å². The molecule has 0 saturated heterocycles. The largest absolute Gasteiger partial charge is 0.496 e. The summed E-state index contributed by atoms with van der Waals surface area (Å²) in [6.07, 6.45) is 3.01. The molecule has 0 amide bonds. The fraction of sp³-hybridized carbons (Fsp3) is 0.400. The Labute approximate surface area is 164 Å². The summed E-state index contributed by atoms with van der Waals surface area (Å²) < 4.78 is 32.4. The summed E-state index contributed by atoms with van der Waals surface area (Å²) in [7, 11) is -1.84. The number of methoxy groups -OCH3 is 1. The van der Waals surface area contributed by atoms with Gasteiger partial charge in [-0.1, -0.05) is 38.0 Å². The van der Waals surface area contributed by atoms with E-state index in [1.54, 1.807) is 13.2 Å². The van der Waals surface area contributed by atoms with Crippen LogP contribution in [0.25, 0.3) is 0 Å². The molecule has 0 bridgehead atoms. The lowest BCUT2D eigenvalue weighted by molar-refractivity contribution is 0.411. The standard InChI is InChI=1S/C20H24BrNO3S/c1-3-4-8-15-13-22(16-9-6-5-7-10-16)18-11-17(21)19(25-2)12-20(18)26(23,24)14-15/h5-7,9-12,15H,3-4,8,13-14H2,1-2H3. The second-order valence-electron chi connectivity index (χ2n) is 6.69. The van der Waals surface area contributed by atoms with Crippen molar-refractivity contribution in [2.24, 2.45) is 5.92 Å². The van der Waals surface area contributed by atoms with Crippen molar-refractivity contribution in [2.75, 3.05) is 24.3 Å². The first-order chi connectivity index (χ1) is 12.5. The molecule has 0 radical (unpaired) electrons. The molecule has 26 heavy (non-hydrogen) atoms. The molecule has 6 heteroatoms. The lowest BCUT2D eigenvalue weighted by Crippen LogP contribution is -2.26. The Morgan fingerprint density at radius 2 is 1.96 bits per heavy atom. The second kappa shape index (κ2) is 8.01. The zero-order valence-corrected chi connectivity index (χ0v) is 17.5. The Kier molecular flexibility index (Phi) is 5.92. The van der Waals surface area contributed by atoms with Gasteiger partial charge in [-0.05, 0) is 46.5 Å². The Morgan fingerprint density at radius 3 is 2.62 bits per heavy atom. The highest BCUT2D eigenvalue weighted by molar-refractivity contribution is 9.10. The molecule has 0 aliphatic carbocycles. The van der Waals surface area contributed by atoms with Crippen molar-refractivity contribution in [1.29, 1.82) is 0 Å². The molecular formula is C20H24BrNO3S. The van der Waals surface area contributed by atoms with Crippen LogP contribution in [0.2, 0.25) is 0 Å². The number of unbranched alkanes of at least 4 members (excludes halogenated alkanes) is 1. The molecular weight excluding hydrogens is 414 g/mol. The van der Waals surface area contributed by atoms with Crippen molar-refractivity contribution in [1.82, 2.24) is 0 Å². The monoisotopic (exact) mass is 437 g/mol. The van der Waals surface area contributed by atoms with Gasteiger partial charge in [0.2, 0.25) is 0 Å². The van der Waals surface area contributed by atoms with E-state index in [0.717, 1.165) is 29.4 Å². The third-order valence-electron chi connectivity index (χ3n) is 4.79. The Hall–Kier alpha value is -1.53. The van der Waals surface area contributed by atoms with E-state index in [1.165, 1.54) is 0 Å². The van der Waals surface area contributed by atoms with Crippen LogP contribution in [0.1, 0.15) is 26.2 Å². The summed E-state index contributed by atoms with van der Waals surface area (Å²) in [5.41, 5.74) is 1.72. The first-order valence-electron chi connectivity index (χ1n) is 8.89. The smallest absolute Gasteiger partial charge is 0.180 e. The molecule has 4 nitrogen and oxygen atoms in total. The van der Waals surface area contributed by atoms with Gasteiger partial charge in [0.1, 0.15) is 5.75 Å². The first kappa shape index (κ1) is 19.2. The maximum atomic E-state index is 13.1. The van der Waals surface area contributed by atoms with Crippen LogP contribution in [-0.2, 0) is 9.84 Å². The van der Waals surface area contributed by atoms with Crippen molar-refractivity contribution in [3.8, 4) is 5.75 Å².